The van der Waals surface area contributed by atoms with Gasteiger partial charge in [-0.05, 0) is 76.0 Å². The Bertz CT molecular complexity index is 1020. The summed E-state index contributed by atoms with van der Waals surface area (Å²) in [6.07, 6.45) is 4.85. The van der Waals surface area contributed by atoms with E-state index in [9.17, 15) is 28.4 Å². The van der Waals surface area contributed by atoms with E-state index in [-0.39, 0.29) is 41.8 Å². The number of rotatable bonds is 7. The number of halogens is 2. The van der Waals surface area contributed by atoms with Crippen LogP contribution in [0.4, 0.5) is 14.5 Å². The van der Waals surface area contributed by atoms with Gasteiger partial charge in [-0.1, -0.05) is 0 Å². The van der Waals surface area contributed by atoms with Crippen molar-refractivity contribution in [1.82, 2.24) is 15.5 Å². The molecule has 3 saturated heterocycles. The Hall–Kier alpha value is -3.22. The fourth-order valence-electron chi connectivity index (χ4n) is 5.68. The molecule has 1 aromatic rings. The van der Waals surface area contributed by atoms with Crippen LogP contribution in [0.5, 0.6) is 0 Å². The first kappa shape index (κ1) is 24.9. The van der Waals surface area contributed by atoms with E-state index in [4.69, 9.17) is 0 Å². The molecule has 1 saturated carbocycles. The topological polar surface area (TPSA) is 114 Å². The molecular weight excluding hydrogens is 456 g/mol. The lowest BCUT2D eigenvalue weighted by Gasteiger charge is -2.51. The second kappa shape index (κ2) is 10.6. The third kappa shape index (κ3) is 5.39. The molecule has 2 bridgehead atoms. The lowest BCUT2D eigenvalue weighted by Crippen LogP contribution is -2.65. The number of nitrogens with one attached hydrogen (secondary N) is 3. The van der Waals surface area contributed by atoms with Crippen LogP contribution in [-0.4, -0.2) is 53.3 Å². The molecule has 0 aromatic heterocycles. The highest BCUT2D eigenvalue weighted by Gasteiger charge is 2.48. The molecule has 3 amide bonds. The molecule has 4 fully saturated rings. The number of amides is 3. The van der Waals surface area contributed by atoms with Gasteiger partial charge in [-0.3, -0.25) is 14.4 Å². The molecule has 3 heterocycles. The maximum atomic E-state index is 14.1. The number of nitriles is 1. The molecule has 0 unspecified atom stereocenters. The summed E-state index contributed by atoms with van der Waals surface area (Å²) in [7, 11) is 0. The molecular formula is C25H31F2N5O3. The van der Waals surface area contributed by atoms with Crippen molar-refractivity contribution in [2.45, 2.75) is 76.0 Å². The Labute approximate surface area is 203 Å². The summed E-state index contributed by atoms with van der Waals surface area (Å²) in [6, 6.07) is 2.46. The molecule has 0 spiro atoms. The second-order valence-corrected chi connectivity index (χ2v) is 9.81. The summed E-state index contributed by atoms with van der Waals surface area (Å²) in [5.74, 6) is -2.56. The Morgan fingerprint density at radius 2 is 1.97 bits per heavy atom. The number of piperidine rings is 3. The van der Waals surface area contributed by atoms with Crippen LogP contribution < -0.4 is 16.0 Å². The van der Waals surface area contributed by atoms with Gasteiger partial charge in [-0.2, -0.15) is 5.26 Å². The largest absolute Gasteiger partial charge is 0.371 e. The van der Waals surface area contributed by atoms with Gasteiger partial charge in [0.15, 0.2) is 0 Å². The van der Waals surface area contributed by atoms with Gasteiger partial charge >= 0.3 is 0 Å². The van der Waals surface area contributed by atoms with Crippen molar-refractivity contribution < 1.29 is 23.2 Å². The average Bonchev–Trinajstić information content (AvgIpc) is 2.86. The van der Waals surface area contributed by atoms with E-state index in [0.717, 1.165) is 50.3 Å². The highest BCUT2D eigenvalue weighted by atomic mass is 19.1. The van der Waals surface area contributed by atoms with Crippen LogP contribution in [-0.2, 0) is 14.4 Å². The molecule has 4 atom stereocenters. The van der Waals surface area contributed by atoms with Crippen LogP contribution in [0.15, 0.2) is 18.2 Å². The van der Waals surface area contributed by atoms with Crippen molar-refractivity contribution >= 4 is 23.4 Å². The quantitative estimate of drug-likeness (QED) is 0.547. The third-order valence-electron chi connectivity index (χ3n) is 7.47. The van der Waals surface area contributed by atoms with Crippen molar-refractivity contribution in [1.29, 1.82) is 5.26 Å². The summed E-state index contributed by atoms with van der Waals surface area (Å²) < 4.78 is 27.7. The van der Waals surface area contributed by atoms with Crippen LogP contribution in [0.2, 0.25) is 0 Å². The lowest BCUT2D eigenvalue weighted by atomic mass is 9.74. The van der Waals surface area contributed by atoms with Gasteiger partial charge in [0.05, 0.1) is 11.8 Å². The van der Waals surface area contributed by atoms with Crippen molar-refractivity contribution in [2.24, 2.45) is 11.8 Å². The molecule has 1 aromatic carbocycles. The van der Waals surface area contributed by atoms with E-state index in [1.165, 1.54) is 0 Å². The Balaban J connectivity index is 1.47. The molecule has 5 rings (SSSR count). The highest BCUT2D eigenvalue weighted by Crippen LogP contribution is 2.40. The third-order valence-corrected chi connectivity index (χ3v) is 7.47. The van der Waals surface area contributed by atoms with Gasteiger partial charge in [-0.15, -0.1) is 0 Å². The van der Waals surface area contributed by atoms with Crippen LogP contribution in [0.1, 0.15) is 51.9 Å². The highest BCUT2D eigenvalue weighted by molar-refractivity contribution is 5.92. The zero-order valence-corrected chi connectivity index (χ0v) is 19.7. The zero-order chi connectivity index (χ0) is 25.1. The SMILES string of the molecule is C[C@@H](Nc1cc(F)ccc1F)C(=O)N1C2CCC(CC2)[C@H]1C(=O)N[C@H](C#N)C[C@H]1CCCNC1=O. The predicted octanol–water partition coefficient (Wildman–Crippen LogP) is 2.46. The monoisotopic (exact) mass is 487 g/mol. The standard InChI is InChI=1S/C25H31F2N5O3/c1-14(30-21-12-17(26)6-9-20(21)27)25(35)32-19-7-4-15(5-8-19)22(32)24(34)31-18(13-28)11-16-3-2-10-29-23(16)33/h6,9,12,14-16,18-19,22,30H,2-5,7-8,10-11H2,1H3,(H,29,33)(H,31,34)/t14-,15?,16-,18+,19?,22+/m1/s1. The van der Waals surface area contributed by atoms with Crippen molar-refractivity contribution in [3.63, 3.8) is 0 Å². The molecule has 0 radical (unpaired) electrons. The number of carbonyl (C=O) groups excluding carboxylic acids is 3. The number of hydrogen-bond donors (Lipinski definition) is 3. The molecule has 3 N–H and O–H groups in total. The predicted molar refractivity (Wildman–Crippen MR) is 124 cm³/mol. The van der Waals surface area contributed by atoms with Gasteiger partial charge < -0.3 is 20.9 Å². The minimum absolute atomic E-state index is 0.0422. The van der Waals surface area contributed by atoms with Crippen LogP contribution in [0.3, 0.4) is 0 Å². The normalized spacial score (nSPS) is 27.4. The minimum atomic E-state index is -0.890. The first-order valence-corrected chi connectivity index (χ1v) is 12.3. The minimum Gasteiger partial charge on any atom is -0.371 e. The van der Waals surface area contributed by atoms with E-state index in [2.05, 4.69) is 22.0 Å². The summed E-state index contributed by atoms with van der Waals surface area (Å²) in [5, 5.41) is 18.0. The number of fused-ring (bicyclic) bond motifs is 3. The number of anilines is 1. The van der Waals surface area contributed by atoms with Crippen molar-refractivity contribution in [3.8, 4) is 6.07 Å². The molecule has 8 nitrogen and oxygen atoms in total. The first-order valence-electron chi connectivity index (χ1n) is 12.3. The van der Waals surface area contributed by atoms with Crippen LogP contribution in [0, 0.1) is 34.8 Å². The Morgan fingerprint density at radius 3 is 2.66 bits per heavy atom. The Kier molecular flexibility index (Phi) is 7.53. The smallest absolute Gasteiger partial charge is 0.245 e. The van der Waals surface area contributed by atoms with E-state index >= 15 is 0 Å². The molecule has 35 heavy (non-hydrogen) atoms. The fraction of sp³-hybridized carbons (Fsp3) is 0.600. The molecule has 1 aliphatic carbocycles. The molecule has 188 valence electrons. The average molecular weight is 488 g/mol. The van der Waals surface area contributed by atoms with Crippen LogP contribution in [0.25, 0.3) is 0 Å². The summed E-state index contributed by atoms with van der Waals surface area (Å²) >= 11 is 0. The van der Waals surface area contributed by atoms with Gasteiger partial charge in [0.2, 0.25) is 17.7 Å². The van der Waals surface area contributed by atoms with E-state index < -0.39 is 35.7 Å². The second-order valence-electron chi connectivity index (χ2n) is 9.81. The van der Waals surface area contributed by atoms with E-state index in [1.54, 1.807) is 11.8 Å². The van der Waals surface area contributed by atoms with Gasteiger partial charge in [0.1, 0.15) is 29.8 Å². The number of benzene rings is 1. The summed E-state index contributed by atoms with van der Waals surface area (Å²) in [4.78, 5) is 40.5. The summed E-state index contributed by atoms with van der Waals surface area (Å²) in [6.45, 7) is 2.18. The zero-order valence-electron chi connectivity index (χ0n) is 19.7. The van der Waals surface area contributed by atoms with Gasteiger partial charge in [-0.25, -0.2) is 8.78 Å². The van der Waals surface area contributed by atoms with E-state index in [0.29, 0.717) is 13.0 Å². The summed E-state index contributed by atoms with van der Waals surface area (Å²) in [5.41, 5.74) is -0.121. The lowest BCUT2D eigenvalue weighted by molar-refractivity contribution is -0.154. The first-order chi connectivity index (χ1) is 16.8. The Morgan fingerprint density at radius 1 is 1.23 bits per heavy atom. The number of carbonyl (C=O) groups is 3. The van der Waals surface area contributed by atoms with Crippen molar-refractivity contribution in [2.75, 3.05) is 11.9 Å². The fourth-order valence-corrected chi connectivity index (χ4v) is 5.68. The van der Waals surface area contributed by atoms with Gasteiger partial charge in [0, 0.05) is 18.5 Å². The maximum absolute atomic E-state index is 14.1. The molecule has 4 aliphatic rings. The molecule has 3 aliphatic heterocycles. The van der Waals surface area contributed by atoms with Crippen molar-refractivity contribution in [3.05, 3.63) is 29.8 Å². The number of nitrogens with zero attached hydrogens (tertiary/aromatic N) is 2. The maximum Gasteiger partial charge on any atom is 0.245 e. The van der Waals surface area contributed by atoms with Crippen LogP contribution >= 0.6 is 0 Å². The molecule has 10 heteroatoms. The number of hydrogen-bond acceptors (Lipinski definition) is 5. The van der Waals surface area contributed by atoms with Gasteiger partial charge in [0.25, 0.3) is 0 Å². The van der Waals surface area contributed by atoms with E-state index in [1.807, 2.05) is 0 Å².